The molecule has 0 amide bonds. The second-order valence-electron chi connectivity index (χ2n) is 9.86. The minimum atomic E-state index is 0.796. The molecule has 1 heterocycles. The molecule has 0 atom stereocenters. The zero-order chi connectivity index (χ0) is 25.3. The highest BCUT2D eigenvalue weighted by atomic mass is 15.2. The summed E-state index contributed by atoms with van der Waals surface area (Å²) in [6, 6.07) is 45.3. The van der Waals surface area contributed by atoms with Gasteiger partial charge in [-0.25, -0.2) is 4.99 Å². The Morgan fingerprint density at radius 3 is 2.18 bits per heavy atom. The van der Waals surface area contributed by atoms with Gasteiger partial charge in [0.25, 0.3) is 0 Å². The van der Waals surface area contributed by atoms with Crippen LogP contribution < -0.4 is 10.2 Å². The lowest BCUT2D eigenvalue weighted by Gasteiger charge is -2.25. The van der Waals surface area contributed by atoms with Crippen LogP contribution >= 0.6 is 0 Å². The van der Waals surface area contributed by atoms with Gasteiger partial charge in [-0.05, 0) is 82.2 Å². The first-order chi connectivity index (χ1) is 18.8. The van der Waals surface area contributed by atoms with Gasteiger partial charge in [0.05, 0.1) is 18.6 Å². The van der Waals surface area contributed by atoms with Crippen molar-refractivity contribution in [2.45, 2.75) is 13.0 Å². The predicted molar refractivity (Wildman–Crippen MR) is 161 cm³/mol. The fraction of sp³-hybridized carbons (Fsp3) is 0.0571. The molecule has 0 saturated heterocycles. The molecule has 182 valence electrons. The van der Waals surface area contributed by atoms with Gasteiger partial charge in [0, 0.05) is 28.0 Å². The Labute approximate surface area is 222 Å². The maximum absolute atomic E-state index is 4.79. The van der Waals surface area contributed by atoms with Gasteiger partial charge in [0.1, 0.15) is 0 Å². The van der Waals surface area contributed by atoms with Crippen LogP contribution in [0.3, 0.4) is 0 Å². The summed E-state index contributed by atoms with van der Waals surface area (Å²) in [6.45, 7) is 0.796. The van der Waals surface area contributed by atoms with E-state index >= 15 is 0 Å². The highest BCUT2D eigenvalue weighted by molar-refractivity contribution is 6.07. The molecule has 1 N–H and O–H groups in total. The highest BCUT2D eigenvalue weighted by Gasteiger charge is 2.17. The average molecular weight is 490 g/mol. The van der Waals surface area contributed by atoms with Crippen molar-refractivity contribution in [1.82, 2.24) is 0 Å². The zero-order valence-electron chi connectivity index (χ0n) is 21.0. The fourth-order valence-electron chi connectivity index (χ4n) is 5.36. The van der Waals surface area contributed by atoms with Crippen molar-refractivity contribution in [3.63, 3.8) is 0 Å². The second kappa shape index (κ2) is 9.53. The Morgan fingerprint density at radius 2 is 1.37 bits per heavy atom. The van der Waals surface area contributed by atoms with E-state index in [1.165, 1.54) is 38.2 Å². The minimum absolute atomic E-state index is 0.796. The Morgan fingerprint density at radius 1 is 0.632 bits per heavy atom. The van der Waals surface area contributed by atoms with Crippen LogP contribution in [0.2, 0.25) is 0 Å². The molecule has 7 rings (SSSR count). The van der Waals surface area contributed by atoms with Crippen LogP contribution in [0.25, 0.3) is 21.5 Å². The molecule has 0 aromatic heterocycles. The first-order valence-electron chi connectivity index (χ1n) is 13.0. The van der Waals surface area contributed by atoms with E-state index in [1.807, 2.05) is 12.4 Å². The van der Waals surface area contributed by atoms with Crippen molar-refractivity contribution < 1.29 is 0 Å². The number of nitrogens with one attached hydrogen (secondary N) is 1. The van der Waals surface area contributed by atoms with Crippen LogP contribution in [0, 0.1) is 0 Å². The standard InChI is InChI=1S/C35H27N3/c1-3-8-25(9-4-1)20-26-14-17-29(18-15-26)37-35-13-7-10-27-21-28-16-19-34-33(31(28)22-32(27)35)23-38(24-36-34)30-11-5-2-6-12-30/h1-19,21-22,24,37H,20,23H2. The molecule has 0 saturated carbocycles. The van der Waals surface area contributed by atoms with E-state index in [0.29, 0.717) is 0 Å². The molecular formula is C35H27N3. The lowest BCUT2D eigenvalue weighted by Crippen LogP contribution is -2.23. The summed E-state index contributed by atoms with van der Waals surface area (Å²) >= 11 is 0. The SMILES string of the molecule is C1=Nc2ccc3cc4cccc(Nc5ccc(Cc6ccccc6)cc5)c4cc3c2CN1c1ccccc1. The van der Waals surface area contributed by atoms with Crippen molar-refractivity contribution in [3.8, 4) is 0 Å². The maximum Gasteiger partial charge on any atom is 0.0960 e. The number of aliphatic imine (C=N–C) groups is 1. The number of rotatable bonds is 5. The predicted octanol–water partition coefficient (Wildman–Crippen LogP) is 9.01. The molecule has 6 aromatic rings. The summed E-state index contributed by atoms with van der Waals surface area (Å²) in [5.41, 5.74) is 8.28. The number of hydrogen-bond donors (Lipinski definition) is 1. The smallest absolute Gasteiger partial charge is 0.0960 e. The number of anilines is 3. The third kappa shape index (κ3) is 4.29. The molecule has 0 spiro atoms. The van der Waals surface area contributed by atoms with E-state index in [4.69, 9.17) is 4.99 Å². The van der Waals surface area contributed by atoms with Crippen LogP contribution in [-0.2, 0) is 13.0 Å². The molecule has 0 bridgehead atoms. The lowest BCUT2D eigenvalue weighted by atomic mass is 9.96. The molecule has 1 aliphatic rings. The van der Waals surface area contributed by atoms with E-state index in [-0.39, 0.29) is 0 Å². The second-order valence-corrected chi connectivity index (χ2v) is 9.86. The number of benzene rings is 6. The van der Waals surface area contributed by atoms with Gasteiger partial charge in [0.15, 0.2) is 0 Å². The molecule has 1 aliphatic heterocycles. The summed E-state index contributed by atoms with van der Waals surface area (Å²) in [6.07, 6.45) is 2.88. The number of fused-ring (bicyclic) bond motifs is 4. The van der Waals surface area contributed by atoms with Gasteiger partial charge < -0.3 is 10.2 Å². The summed E-state index contributed by atoms with van der Waals surface area (Å²) in [7, 11) is 0. The molecule has 0 unspecified atom stereocenters. The summed E-state index contributed by atoms with van der Waals surface area (Å²) in [4.78, 5) is 7.01. The largest absolute Gasteiger partial charge is 0.355 e. The van der Waals surface area contributed by atoms with E-state index in [2.05, 4.69) is 132 Å². The van der Waals surface area contributed by atoms with Crippen LogP contribution in [-0.4, -0.2) is 6.34 Å². The van der Waals surface area contributed by atoms with Crippen LogP contribution in [0.1, 0.15) is 16.7 Å². The molecule has 0 aliphatic carbocycles. The van der Waals surface area contributed by atoms with Crippen molar-refractivity contribution in [1.29, 1.82) is 0 Å². The first kappa shape index (κ1) is 22.3. The van der Waals surface area contributed by atoms with E-state index in [9.17, 15) is 0 Å². The Hall–Kier alpha value is -4.89. The van der Waals surface area contributed by atoms with Crippen molar-refractivity contribution >= 4 is 50.6 Å². The molecular weight excluding hydrogens is 462 g/mol. The van der Waals surface area contributed by atoms with Gasteiger partial charge in [0.2, 0.25) is 0 Å². The normalized spacial score (nSPS) is 12.6. The minimum Gasteiger partial charge on any atom is -0.355 e. The maximum atomic E-state index is 4.79. The van der Waals surface area contributed by atoms with Gasteiger partial charge >= 0.3 is 0 Å². The average Bonchev–Trinajstić information content (AvgIpc) is 2.98. The number of para-hydroxylation sites is 1. The molecule has 3 heteroatoms. The summed E-state index contributed by atoms with van der Waals surface area (Å²) in [5, 5.41) is 8.60. The van der Waals surface area contributed by atoms with Gasteiger partial charge in [-0.2, -0.15) is 0 Å². The Balaban J connectivity index is 1.23. The molecule has 0 radical (unpaired) electrons. The van der Waals surface area contributed by atoms with Crippen LogP contribution in [0.4, 0.5) is 22.7 Å². The fourth-order valence-corrected chi connectivity index (χ4v) is 5.36. The van der Waals surface area contributed by atoms with E-state index < -0.39 is 0 Å². The van der Waals surface area contributed by atoms with Gasteiger partial charge in [-0.3, -0.25) is 0 Å². The molecule has 6 aromatic carbocycles. The topological polar surface area (TPSA) is 27.6 Å². The number of nitrogens with zero attached hydrogens (tertiary/aromatic N) is 2. The van der Waals surface area contributed by atoms with Gasteiger partial charge in [-0.15, -0.1) is 0 Å². The van der Waals surface area contributed by atoms with E-state index in [0.717, 1.165) is 35.7 Å². The van der Waals surface area contributed by atoms with Crippen molar-refractivity contribution in [2.24, 2.45) is 4.99 Å². The third-order valence-electron chi connectivity index (χ3n) is 7.34. The van der Waals surface area contributed by atoms with Gasteiger partial charge in [-0.1, -0.05) is 78.9 Å². The van der Waals surface area contributed by atoms with Crippen molar-refractivity contribution in [3.05, 3.63) is 144 Å². The summed E-state index contributed by atoms with van der Waals surface area (Å²) < 4.78 is 0. The lowest BCUT2D eigenvalue weighted by molar-refractivity contribution is 1.01. The Bertz CT molecular complexity index is 1770. The highest BCUT2D eigenvalue weighted by Crippen LogP contribution is 2.37. The third-order valence-corrected chi connectivity index (χ3v) is 7.34. The van der Waals surface area contributed by atoms with Crippen LogP contribution in [0.5, 0.6) is 0 Å². The van der Waals surface area contributed by atoms with Crippen LogP contribution in [0.15, 0.2) is 132 Å². The molecule has 3 nitrogen and oxygen atoms in total. The first-order valence-corrected chi connectivity index (χ1v) is 13.0. The quantitative estimate of drug-likeness (QED) is 0.245. The zero-order valence-corrected chi connectivity index (χ0v) is 21.0. The van der Waals surface area contributed by atoms with Crippen molar-refractivity contribution in [2.75, 3.05) is 10.2 Å². The molecule has 38 heavy (non-hydrogen) atoms. The molecule has 0 fully saturated rings. The summed E-state index contributed by atoms with van der Waals surface area (Å²) in [5.74, 6) is 0. The van der Waals surface area contributed by atoms with E-state index in [1.54, 1.807) is 0 Å². The monoisotopic (exact) mass is 489 g/mol. The number of hydrogen-bond acceptors (Lipinski definition) is 3. The Kier molecular flexibility index (Phi) is 5.60.